The van der Waals surface area contributed by atoms with Gasteiger partial charge in [-0.3, -0.25) is 4.79 Å². The predicted octanol–water partition coefficient (Wildman–Crippen LogP) is 4.69. The fourth-order valence-corrected chi connectivity index (χ4v) is 6.53. The Morgan fingerprint density at radius 2 is 1.60 bits per heavy atom. The molecule has 2 aromatic carbocycles. The summed E-state index contributed by atoms with van der Waals surface area (Å²) in [5, 5.41) is 12.8. The summed E-state index contributed by atoms with van der Waals surface area (Å²) in [5.74, 6) is 0.677. The van der Waals surface area contributed by atoms with Gasteiger partial charge in [0.25, 0.3) is 0 Å². The minimum absolute atomic E-state index is 0.138. The number of benzene rings is 2. The summed E-state index contributed by atoms with van der Waals surface area (Å²) < 4.78 is 6.29. The number of hydrogen-bond acceptors (Lipinski definition) is 5. The molecule has 4 N–H and O–H groups in total. The maximum absolute atomic E-state index is 14.1. The van der Waals surface area contributed by atoms with Gasteiger partial charge < -0.3 is 30.3 Å². The van der Waals surface area contributed by atoms with Crippen LogP contribution in [0, 0.1) is 11.8 Å². The number of carbonyl (C=O) groups excluding carboxylic acids is 3. The van der Waals surface area contributed by atoms with E-state index < -0.39 is 17.9 Å². The first-order valence-corrected chi connectivity index (χ1v) is 15.4. The van der Waals surface area contributed by atoms with E-state index in [1.165, 1.54) is 25.7 Å². The highest BCUT2D eigenvalue weighted by molar-refractivity contribution is 5.95. The molecule has 2 aromatic rings. The Labute approximate surface area is 248 Å². The van der Waals surface area contributed by atoms with Crippen molar-refractivity contribution in [3.05, 3.63) is 59.7 Å². The molecule has 9 nitrogen and oxygen atoms in total. The van der Waals surface area contributed by atoms with E-state index in [0.29, 0.717) is 11.3 Å². The number of quaternary nitrogens is 1. The molecule has 226 valence electrons. The van der Waals surface area contributed by atoms with E-state index in [9.17, 15) is 19.5 Å². The number of nitrogens with two attached hydrogens (primary N) is 1. The van der Waals surface area contributed by atoms with Crippen LogP contribution >= 0.6 is 0 Å². The second-order valence-electron chi connectivity index (χ2n) is 13.0. The quantitative estimate of drug-likeness (QED) is 0.250. The van der Waals surface area contributed by atoms with Crippen LogP contribution in [-0.4, -0.2) is 76.8 Å². The fraction of sp³-hybridized carbons (Fsp3) is 0.545. The van der Waals surface area contributed by atoms with Crippen LogP contribution in [0.4, 0.5) is 10.5 Å². The molecule has 1 aliphatic heterocycles. The van der Waals surface area contributed by atoms with Crippen molar-refractivity contribution in [2.24, 2.45) is 17.6 Å². The van der Waals surface area contributed by atoms with Gasteiger partial charge in [0, 0.05) is 23.9 Å². The molecule has 0 radical (unpaired) electrons. The third-order valence-corrected chi connectivity index (χ3v) is 8.82. The zero-order valence-electron chi connectivity index (χ0n) is 24.8. The lowest BCUT2D eigenvalue weighted by Crippen LogP contribution is -2.65. The molecule has 0 bridgehead atoms. The van der Waals surface area contributed by atoms with Crippen molar-refractivity contribution < 1.29 is 28.7 Å². The van der Waals surface area contributed by atoms with E-state index in [1.807, 2.05) is 0 Å². The Morgan fingerprint density at radius 3 is 2.14 bits per heavy atom. The molecule has 2 saturated carbocycles. The first-order valence-electron chi connectivity index (χ1n) is 15.4. The maximum atomic E-state index is 14.1. The third-order valence-electron chi connectivity index (χ3n) is 8.82. The molecule has 3 fully saturated rings. The van der Waals surface area contributed by atoms with Crippen molar-refractivity contribution >= 4 is 23.6 Å². The number of urea groups is 1. The Morgan fingerprint density at radius 1 is 0.976 bits per heavy atom. The first-order chi connectivity index (χ1) is 20.1. The predicted molar refractivity (Wildman–Crippen MR) is 161 cm³/mol. The fourth-order valence-electron chi connectivity index (χ4n) is 6.53. The number of phenolic OH excluding ortho intramolecular Hbond substituents is 1. The van der Waals surface area contributed by atoms with Crippen molar-refractivity contribution in [2.45, 2.75) is 77.0 Å². The third kappa shape index (κ3) is 7.82. The number of anilines is 1. The summed E-state index contributed by atoms with van der Waals surface area (Å²) in [6, 6.07) is 11.9. The Hall–Kier alpha value is -3.59. The lowest BCUT2D eigenvalue weighted by molar-refractivity contribution is -0.937. The van der Waals surface area contributed by atoms with Crippen LogP contribution in [0.2, 0.25) is 0 Å². The number of amides is 3. The van der Waals surface area contributed by atoms with E-state index >= 15 is 0 Å². The number of primary amides is 1. The van der Waals surface area contributed by atoms with Crippen LogP contribution in [-0.2, 0) is 16.0 Å². The number of nitrogens with one attached hydrogen (secondary N) is 1. The highest BCUT2D eigenvalue weighted by Crippen LogP contribution is 2.40. The summed E-state index contributed by atoms with van der Waals surface area (Å²) in [6.07, 6.45) is 6.95. The number of nitrogens with zero attached hydrogens (tertiary/aromatic N) is 2. The summed E-state index contributed by atoms with van der Waals surface area (Å²) in [7, 11) is 0. The van der Waals surface area contributed by atoms with Gasteiger partial charge in [0.1, 0.15) is 11.8 Å². The van der Waals surface area contributed by atoms with Gasteiger partial charge in [-0.1, -0.05) is 12.1 Å². The number of rotatable bonds is 12. The molecule has 3 aliphatic rings. The average molecular weight is 578 g/mol. The number of aromatic hydroxyl groups is 1. The summed E-state index contributed by atoms with van der Waals surface area (Å²) >= 11 is 0. The van der Waals surface area contributed by atoms with Gasteiger partial charge in [-0.25, -0.2) is 9.59 Å². The largest absolute Gasteiger partial charge is 0.508 e. The SMILES string of the molecule is CC(C)OC(=O)c1ccc(NC(=O)N([C@@H]2CCC[N+](CC3CC3)(CC3CC3)C2)[C@@H](Cc2ccc(O)cc2)C(N)=O)cc1. The van der Waals surface area contributed by atoms with E-state index in [4.69, 9.17) is 10.5 Å². The molecule has 0 unspecified atom stereocenters. The number of ether oxygens (including phenoxy) is 1. The highest BCUT2D eigenvalue weighted by atomic mass is 16.5. The van der Waals surface area contributed by atoms with Crippen molar-refractivity contribution in [2.75, 3.05) is 31.5 Å². The van der Waals surface area contributed by atoms with E-state index in [0.717, 1.165) is 60.9 Å². The van der Waals surface area contributed by atoms with E-state index in [2.05, 4.69) is 5.32 Å². The van der Waals surface area contributed by atoms with E-state index in [-0.39, 0.29) is 30.3 Å². The van der Waals surface area contributed by atoms with Gasteiger partial charge in [-0.15, -0.1) is 0 Å². The van der Waals surface area contributed by atoms with Crippen molar-refractivity contribution in [1.29, 1.82) is 0 Å². The molecule has 42 heavy (non-hydrogen) atoms. The van der Waals surface area contributed by atoms with Crippen molar-refractivity contribution in [3.63, 3.8) is 0 Å². The summed E-state index contributed by atoms with van der Waals surface area (Å²) in [6.45, 7) is 7.82. The standard InChI is InChI=1S/C33H44N4O5/c1-22(2)42-32(40)26-11-13-27(14-12-26)35-33(41)36(30(31(34)39)18-23-9-15-29(38)16-10-23)28-4-3-17-37(21-28,19-24-5-6-24)20-25-7-8-25/h9-16,22,24-25,28,30H,3-8,17-21H2,1-2H3,(H3-,34,35,38,39,40,41)/p+1/t28-,30+/m1/s1. The molecule has 1 heterocycles. The number of likely N-dealkylation sites (tertiary alicyclic amines) is 1. The Kier molecular flexibility index (Phi) is 9.06. The van der Waals surface area contributed by atoms with E-state index in [1.54, 1.807) is 67.3 Å². The lowest BCUT2D eigenvalue weighted by Gasteiger charge is -2.48. The number of esters is 1. The minimum atomic E-state index is -0.860. The van der Waals surface area contributed by atoms with Crippen LogP contribution in [0.3, 0.4) is 0 Å². The van der Waals surface area contributed by atoms with Crippen LogP contribution in [0.1, 0.15) is 68.3 Å². The average Bonchev–Trinajstić information content (AvgIpc) is 3.88. The molecule has 3 amide bonds. The number of hydrogen-bond donors (Lipinski definition) is 3. The van der Waals surface area contributed by atoms with Gasteiger partial charge in [-0.05, 0) is 94.3 Å². The zero-order chi connectivity index (χ0) is 29.9. The monoisotopic (exact) mass is 577 g/mol. The molecule has 5 rings (SSSR count). The van der Waals surface area contributed by atoms with Gasteiger partial charge in [-0.2, -0.15) is 0 Å². The second-order valence-corrected chi connectivity index (χ2v) is 13.0. The van der Waals surface area contributed by atoms with Gasteiger partial charge >= 0.3 is 12.0 Å². The van der Waals surface area contributed by atoms with Crippen LogP contribution in [0.5, 0.6) is 5.75 Å². The molecular weight excluding hydrogens is 532 g/mol. The zero-order valence-corrected chi connectivity index (χ0v) is 24.8. The highest BCUT2D eigenvalue weighted by Gasteiger charge is 2.47. The topological polar surface area (TPSA) is 122 Å². The van der Waals surface area contributed by atoms with Crippen LogP contribution in [0.15, 0.2) is 48.5 Å². The molecule has 2 aliphatic carbocycles. The Bertz CT molecular complexity index is 1240. The van der Waals surface area contributed by atoms with Crippen LogP contribution in [0.25, 0.3) is 0 Å². The lowest BCUT2D eigenvalue weighted by atomic mass is 9.95. The second kappa shape index (κ2) is 12.7. The number of carbonyl (C=O) groups is 3. The van der Waals surface area contributed by atoms with Gasteiger partial charge in [0.15, 0.2) is 0 Å². The molecule has 9 heteroatoms. The van der Waals surface area contributed by atoms with Gasteiger partial charge in [0.05, 0.1) is 43.9 Å². The summed E-state index contributed by atoms with van der Waals surface area (Å²) in [4.78, 5) is 41.2. The molecule has 0 spiro atoms. The summed E-state index contributed by atoms with van der Waals surface area (Å²) in [5.41, 5.74) is 7.76. The van der Waals surface area contributed by atoms with Crippen LogP contribution < -0.4 is 11.1 Å². The molecule has 2 atom stereocenters. The number of piperidine rings is 1. The maximum Gasteiger partial charge on any atom is 0.338 e. The van der Waals surface area contributed by atoms with Crippen molar-refractivity contribution in [1.82, 2.24) is 4.90 Å². The molecule has 1 saturated heterocycles. The smallest absolute Gasteiger partial charge is 0.338 e. The molecule has 0 aromatic heterocycles. The minimum Gasteiger partial charge on any atom is -0.508 e. The number of phenols is 1. The Balaban J connectivity index is 1.41. The molecular formula is C33H45N4O5+. The van der Waals surface area contributed by atoms with Crippen molar-refractivity contribution in [3.8, 4) is 5.75 Å². The normalized spacial score (nSPS) is 20.5. The first kappa shape index (κ1) is 29.9. The van der Waals surface area contributed by atoms with Gasteiger partial charge in [0.2, 0.25) is 5.91 Å².